The summed E-state index contributed by atoms with van der Waals surface area (Å²) in [5.74, 6) is 2.45. The summed E-state index contributed by atoms with van der Waals surface area (Å²) in [5, 5.41) is 3.34. The van der Waals surface area contributed by atoms with Crippen LogP contribution in [0.5, 0.6) is 0 Å². The molecular weight excluding hydrogens is 382 g/mol. The third kappa shape index (κ3) is 3.77. The van der Waals surface area contributed by atoms with Gasteiger partial charge in [0.2, 0.25) is 5.91 Å². The number of aryl methyl sites for hydroxylation is 3. The highest BCUT2D eigenvalue weighted by molar-refractivity contribution is 5.82. The first kappa shape index (κ1) is 20.3. The predicted octanol–water partition coefficient (Wildman–Crippen LogP) is 5.41. The van der Waals surface area contributed by atoms with Crippen molar-refractivity contribution in [3.05, 3.63) is 58.9 Å². The topological polar surface area (TPSA) is 46.4 Å². The Morgan fingerprint density at radius 1 is 1.13 bits per heavy atom. The molecule has 2 aliphatic rings. The fourth-order valence-corrected chi connectivity index (χ4v) is 5.96. The van der Waals surface area contributed by atoms with E-state index in [-0.39, 0.29) is 11.9 Å². The number of aromatic nitrogens is 2. The van der Waals surface area contributed by atoms with Gasteiger partial charge >= 0.3 is 0 Å². The molecule has 2 aromatic heterocycles. The summed E-state index contributed by atoms with van der Waals surface area (Å²) in [4.78, 5) is 18.1. The first-order valence-corrected chi connectivity index (χ1v) is 11.7. The van der Waals surface area contributed by atoms with Gasteiger partial charge in [-0.3, -0.25) is 4.79 Å². The highest BCUT2D eigenvalue weighted by atomic mass is 16.1. The molecule has 1 N–H and O–H groups in total. The van der Waals surface area contributed by atoms with Gasteiger partial charge < -0.3 is 9.72 Å². The summed E-state index contributed by atoms with van der Waals surface area (Å²) in [7, 11) is 0. The van der Waals surface area contributed by atoms with Crippen LogP contribution in [0.2, 0.25) is 0 Å². The zero-order valence-electron chi connectivity index (χ0n) is 19.1. The predicted molar refractivity (Wildman–Crippen MR) is 125 cm³/mol. The zero-order valence-corrected chi connectivity index (χ0v) is 19.1. The number of carbonyl (C=O) groups is 1. The molecule has 3 aromatic rings. The van der Waals surface area contributed by atoms with Crippen LogP contribution in [0.15, 0.2) is 36.5 Å². The van der Waals surface area contributed by atoms with Crippen LogP contribution >= 0.6 is 0 Å². The molecule has 4 atom stereocenters. The maximum absolute atomic E-state index is 13.1. The quantitative estimate of drug-likeness (QED) is 0.606. The SMILES string of the molecule is Cc1ccn2c(CC(=O)NC(C)C3CC4CCC3C4)c(-c3ccc(C)c(C)c3)nc2c1. The van der Waals surface area contributed by atoms with Gasteiger partial charge in [0.25, 0.3) is 0 Å². The maximum Gasteiger partial charge on any atom is 0.226 e. The fourth-order valence-electron chi connectivity index (χ4n) is 5.96. The lowest BCUT2D eigenvalue weighted by Gasteiger charge is -2.28. The molecule has 2 saturated carbocycles. The number of amides is 1. The van der Waals surface area contributed by atoms with Crippen molar-refractivity contribution in [3.63, 3.8) is 0 Å². The number of benzene rings is 1. The maximum atomic E-state index is 13.1. The van der Waals surface area contributed by atoms with E-state index >= 15 is 0 Å². The number of hydrogen-bond acceptors (Lipinski definition) is 2. The van der Waals surface area contributed by atoms with Gasteiger partial charge in [0.15, 0.2) is 0 Å². The number of pyridine rings is 1. The fraction of sp³-hybridized carbons (Fsp3) is 0.481. The summed E-state index contributed by atoms with van der Waals surface area (Å²) >= 11 is 0. The second-order valence-electron chi connectivity index (χ2n) is 10.0. The average molecular weight is 416 g/mol. The molecule has 2 heterocycles. The van der Waals surface area contributed by atoms with Gasteiger partial charge in [-0.05, 0) is 99.6 Å². The van der Waals surface area contributed by atoms with E-state index in [1.807, 2.05) is 6.20 Å². The van der Waals surface area contributed by atoms with Gasteiger partial charge in [0.1, 0.15) is 5.65 Å². The van der Waals surface area contributed by atoms with Gasteiger partial charge in [-0.2, -0.15) is 0 Å². The number of carbonyl (C=O) groups excluding carboxylic acids is 1. The molecular formula is C27H33N3O. The normalized spacial score (nSPS) is 23.4. The van der Waals surface area contributed by atoms with Gasteiger partial charge in [0.05, 0.1) is 17.8 Å². The van der Waals surface area contributed by atoms with E-state index in [4.69, 9.17) is 4.98 Å². The lowest BCUT2D eigenvalue weighted by atomic mass is 9.84. The van der Waals surface area contributed by atoms with Gasteiger partial charge in [0, 0.05) is 17.8 Å². The molecule has 31 heavy (non-hydrogen) atoms. The Balaban J connectivity index is 1.43. The minimum atomic E-state index is 0.0998. The number of hydrogen-bond donors (Lipinski definition) is 1. The number of imidazole rings is 1. The van der Waals surface area contributed by atoms with E-state index < -0.39 is 0 Å². The van der Waals surface area contributed by atoms with Crippen LogP contribution in [0, 0.1) is 38.5 Å². The molecule has 0 radical (unpaired) electrons. The first-order valence-electron chi connectivity index (χ1n) is 11.7. The van der Waals surface area contributed by atoms with Crippen LogP contribution in [-0.2, 0) is 11.2 Å². The Kier molecular flexibility index (Phi) is 5.11. The Hall–Kier alpha value is -2.62. The Morgan fingerprint density at radius 3 is 2.68 bits per heavy atom. The summed E-state index contributed by atoms with van der Waals surface area (Å²) < 4.78 is 2.08. The summed E-state index contributed by atoms with van der Waals surface area (Å²) in [6, 6.07) is 10.9. The van der Waals surface area contributed by atoms with Crippen molar-refractivity contribution in [1.82, 2.24) is 14.7 Å². The molecule has 162 valence electrons. The van der Waals surface area contributed by atoms with Gasteiger partial charge in [-0.25, -0.2) is 4.98 Å². The van der Waals surface area contributed by atoms with Gasteiger partial charge in [-0.1, -0.05) is 18.6 Å². The largest absolute Gasteiger partial charge is 0.353 e. The van der Waals surface area contributed by atoms with Crippen molar-refractivity contribution < 1.29 is 4.79 Å². The lowest BCUT2D eigenvalue weighted by Crippen LogP contribution is -2.41. The first-order chi connectivity index (χ1) is 14.9. The van der Waals surface area contributed by atoms with Crippen LogP contribution < -0.4 is 5.32 Å². The molecule has 2 bridgehead atoms. The minimum Gasteiger partial charge on any atom is -0.353 e. The van der Waals surface area contributed by atoms with Crippen molar-refractivity contribution in [2.75, 3.05) is 0 Å². The molecule has 0 aliphatic heterocycles. The highest BCUT2D eigenvalue weighted by Gasteiger charge is 2.42. The number of nitrogens with one attached hydrogen (secondary N) is 1. The Labute approximate surface area is 185 Å². The van der Waals surface area contributed by atoms with Crippen LogP contribution in [-0.4, -0.2) is 21.3 Å². The van der Waals surface area contributed by atoms with Crippen molar-refractivity contribution >= 4 is 11.6 Å². The molecule has 0 saturated heterocycles. The molecule has 4 unspecified atom stereocenters. The third-order valence-electron chi connectivity index (χ3n) is 7.81. The molecule has 1 aromatic carbocycles. The molecule has 2 aliphatic carbocycles. The summed E-state index contributed by atoms with van der Waals surface area (Å²) in [6.45, 7) is 8.53. The molecule has 0 spiro atoms. The smallest absolute Gasteiger partial charge is 0.226 e. The molecule has 5 rings (SSSR count). The minimum absolute atomic E-state index is 0.0998. The molecule has 4 nitrogen and oxygen atoms in total. The second kappa shape index (κ2) is 7.81. The van der Waals surface area contributed by atoms with E-state index in [1.54, 1.807) is 0 Å². The molecule has 1 amide bonds. The summed E-state index contributed by atoms with van der Waals surface area (Å²) in [6.07, 6.45) is 7.78. The van der Waals surface area contributed by atoms with Crippen LogP contribution in [0.3, 0.4) is 0 Å². The number of nitrogens with zero attached hydrogens (tertiary/aromatic N) is 2. The van der Waals surface area contributed by atoms with Crippen LogP contribution in [0.1, 0.15) is 55.0 Å². The van der Waals surface area contributed by atoms with Crippen molar-refractivity contribution in [1.29, 1.82) is 0 Å². The Morgan fingerprint density at radius 2 is 1.97 bits per heavy atom. The standard InChI is InChI=1S/C27H33N3O/c1-16-9-10-30-24(15-26(31)28-19(4)23-14-20-6-8-21(23)13-20)27(29-25(30)11-16)22-7-5-17(2)18(3)12-22/h5,7,9-12,19-21,23H,6,8,13-15H2,1-4H3,(H,28,31). The molecule has 2 fully saturated rings. The van der Waals surface area contributed by atoms with E-state index in [0.717, 1.165) is 34.4 Å². The van der Waals surface area contributed by atoms with Crippen molar-refractivity contribution in [3.8, 4) is 11.3 Å². The summed E-state index contributed by atoms with van der Waals surface area (Å²) in [5.41, 5.74) is 7.54. The average Bonchev–Trinajstić information content (AvgIpc) is 3.44. The Bertz CT molecular complexity index is 1140. The van der Waals surface area contributed by atoms with E-state index in [1.165, 1.54) is 42.4 Å². The van der Waals surface area contributed by atoms with Gasteiger partial charge in [-0.15, -0.1) is 0 Å². The zero-order chi connectivity index (χ0) is 21.7. The number of fused-ring (bicyclic) bond motifs is 3. The highest BCUT2D eigenvalue weighted by Crippen LogP contribution is 2.49. The lowest BCUT2D eigenvalue weighted by molar-refractivity contribution is -0.121. The van der Waals surface area contributed by atoms with E-state index in [2.05, 4.69) is 67.7 Å². The second-order valence-corrected chi connectivity index (χ2v) is 10.0. The third-order valence-corrected chi connectivity index (χ3v) is 7.81. The van der Waals surface area contributed by atoms with Crippen LogP contribution in [0.25, 0.3) is 16.9 Å². The molecule has 4 heteroatoms. The van der Waals surface area contributed by atoms with Crippen molar-refractivity contribution in [2.45, 2.75) is 65.8 Å². The monoisotopic (exact) mass is 415 g/mol. The van der Waals surface area contributed by atoms with Crippen LogP contribution in [0.4, 0.5) is 0 Å². The number of rotatable bonds is 5. The van der Waals surface area contributed by atoms with E-state index in [9.17, 15) is 4.79 Å². The van der Waals surface area contributed by atoms with E-state index in [0.29, 0.717) is 12.3 Å². The van der Waals surface area contributed by atoms with Crippen molar-refractivity contribution in [2.24, 2.45) is 17.8 Å².